The molecule has 1 N–H and O–H groups in total. The van der Waals surface area contributed by atoms with Crippen LogP contribution in [-0.2, 0) is 0 Å². The van der Waals surface area contributed by atoms with E-state index in [1.54, 1.807) is 12.1 Å². The molecule has 1 saturated carbocycles. The van der Waals surface area contributed by atoms with Gasteiger partial charge in [-0.3, -0.25) is 10.1 Å². The van der Waals surface area contributed by atoms with Gasteiger partial charge in [-0.15, -0.1) is 0 Å². The van der Waals surface area contributed by atoms with Crippen molar-refractivity contribution in [2.45, 2.75) is 45.4 Å². The first-order valence-electron chi connectivity index (χ1n) is 7.22. The second kappa shape index (κ2) is 4.62. The van der Waals surface area contributed by atoms with E-state index in [9.17, 15) is 10.1 Å². The monoisotopic (exact) mass is 272 g/mol. The molecule has 2 aromatic rings. The Bertz CT molecular complexity index is 648. The summed E-state index contributed by atoms with van der Waals surface area (Å²) in [7, 11) is 0. The van der Waals surface area contributed by atoms with Gasteiger partial charge in [-0.1, -0.05) is 26.0 Å². The topological polar surface area (TPSA) is 58.9 Å². The molecule has 0 radical (unpaired) electrons. The fourth-order valence-electron chi connectivity index (χ4n) is 3.36. The largest absolute Gasteiger partial charge is 0.355 e. The van der Waals surface area contributed by atoms with Gasteiger partial charge < -0.3 is 4.98 Å². The number of non-ortho nitro benzene ring substituents is 1. The summed E-state index contributed by atoms with van der Waals surface area (Å²) in [5.41, 5.74) is 2.52. The van der Waals surface area contributed by atoms with E-state index in [1.165, 1.54) is 31.2 Å². The molecule has 0 unspecified atom stereocenters. The van der Waals surface area contributed by atoms with E-state index in [2.05, 4.69) is 18.8 Å². The summed E-state index contributed by atoms with van der Waals surface area (Å²) in [4.78, 5) is 13.9. The average Bonchev–Trinajstić information content (AvgIpc) is 2.82. The summed E-state index contributed by atoms with van der Waals surface area (Å²) in [6.45, 7) is 4.65. The molecule has 1 heterocycles. The number of nitrogens with one attached hydrogen (secondary N) is 1. The molecule has 0 bridgehead atoms. The number of H-pyrrole nitrogens is 1. The lowest BCUT2D eigenvalue weighted by Gasteiger charge is -2.34. The predicted octanol–water partition coefficient (Wildman–Crippen LogP) is 4.76. The van der Waals surface area contributed by atoms with Crippen LogP contribution in [0.1, 0.15) is 51.0 Å². The lowest BCUT2D eigenvalue weighted by molar-refractivity contribution is -0.383. The zero-order chi connectivity index (χ0) is 14.3. The molecule has 20 heavy (non-hydrogen) atoms. The van der Waals surface area contributed by atoms with Crippen molar-refractivity contribution in [3.05, 3.63) is 40.1 Å². The normalized spacial score (nSPS) is 19.3. The number of nitro benzene ring substituents is 1. The number of hydrogen-bond acceptors (Lipinski definition) is 2. The van der Waals surface area contributed by atoms with Crippen LogP contribution in [0.3, 0.4) is 0 Å². The van der Waals surface area contributed by atoms with Gasteiger partial charge in [0.05, 0.1) is 4.92 Å². The quantitative estimate of drug-likeness (QED) is 0.633. The van der Waals surface area contributed by atoms with Crippen LogP contribution in [0.4, 0.5) is 5.69 Å². The standard InChI is InChI=1S/C16H20N2O2/c1-16(2)8-6-11(7-9-16)13-10-17-15-12(13)4-3-5-14(15)18(19)20/h3-5,10-11,17H,6-9H2,1-2H3. The third-order valence-corrected chi connectivity index (χ3v) is 4.70. The second-order valence-electron chi connectivity index (χ2n) is 6.64. The van der Waals surface area contributed by atoms with Gasteiger partial charge in [-0.2, -0.15) is 0 Å². The minimum atomic E-state index is -0.313. The highest BCUT2D eigenvalue weighted by Crippen LogP contribution is 2.44. The molecule has 1 fully saturated rings. The van der Waals surface area contributed by atoms with Crippen molar-refractivity contribution in [1.29, 1.82) is 0 Å². The van der Waals surface area contributed by atoms with Gasteiger partial charge in [0.2, 0.25) is 0 Å². The van der Waals surface area contributed by atoms with Gasteiger partial charge in [0.25, 0.3) is 5.69 Å². The van der Waals surface area contributed by atoms with E-state index < -0.39 is 0 Å². The molecular formula is C16H20N2O2. The first kappa shape index (κ1) is 13.2. The number of para-hydroxylation sites is 1. The van der Waals surface area contributed by atoms with E-state index in [0.29, 0.717) is 16.8 Å². The Labute approximate surface area is 118 Å². The van der Waals surface area contributed by atoms with Crippen molar-refractivity contribution in [2.24, 2.45) is 5.41 Å². The molecule has 0 spiro atoms. The van der Waals surface area contributed by atoms with Gasteiger partial charge in [0.15, 0.2) is 0 Å². The summed E-state index contributed by atoms with van der Waals surface area (Å²) in [5, 5.41) is 12.1. The number of nitrogens with zero attached hydrogens (tertiary/aromatic N) is 1. The molecule has 1 aromatic carbocycles. The summed E-state index contributed by atoms with van der Waals surface area (Å²) >= 11 is 0. The predicted molar refractivity (Wildman–Crippen MR) is 79.9 cm³/mol. The Morgan fingerprint density at radius 2 is 2.00 bits per heavy atom. The number of hydrogen-bond donors (Lipinski definition) is 1. The first-order valence-corrected chi connectivity index (χ1v) is 7.22. The fraction of sp³-hybridized carbons (Fsp3) is 0.500. The lowest BCUT2D eigenvalue weighted by atomic mass is 9.71. The molecule has 1 aromatic heterocycles. The van der Waals surface area contributed by atoms with Crippen molar-refractivity contribution in [3.63, 3.8) is 0 Å². The Balaban J connectivity index is 1.98. The van der Waals surface area contributed by atoms with Crippen LogP contribution in [0.5, 0.6) is 0 Å². The van der Waals surface area contributed by atoms with Crippen LogP contribution in [0.15, 0.2) is 24.4 Å². The zero-order valence-electron chi connectivity index (χ0n) is 12.0. The minimum absolute atomic E-state index is 0.171. The third-order valence-electron chi connectivity index (χ3n) is 4.70. The average molecular weight is 272 g/mol. The van der Waals surface area contributed by atoms with Crippen LogP contribution in [-0.4, -0.2) is 9.91 Å². The first-order chi connectivity index (χ1) is 9.48. The van der Waals surface area contributed by atoms with Gasteiger partial charge in [0.1, 0.15) is 5.52 Å². The molecule has 4 heteroatoms. The van der Waals surface area contributed by atoms with E-state index in [4.69, 9.17) is 0 Å². The lowest BCUT2D eigenvalue weighted by Crippen LogP contribution is -2.20. The number of aromatic nitrogens is 1. The Morgan fingerprint density at radius 3 is 2.65 bits per heavy atom. The molecule has 0 amide bonds. The van der Waals surface area contributed by atoms with Crippen LogP contribution < -0.4 is 0 Å². The number of fused-ring (bicyclic) bond motifs is 1. The van der Waals surface area contributed by atoms with E-state index in [1.807, 2.05) is 12.3 Å². The van der Waals surface area contributed by atoms with Gasteiger partial charge in [-0.05, 0) is 42.6 Å². The number of aromatic amines is 1. The Kier molecular flexibility index (Phi) is 3.04. The maximum atomic E-state index is 11.1. The zero-order valence-corrected chi connectivity index (χ0v) is 12.0. The highest BCUT2D eigenvalue weighted by molar-refractivity contribution is 5.90. The van der Waals surface area contributed by atoms with Crippen molar-refractivity contribution < 1.29 is 4.92 Å². The molecule has 106 valence electrons. The summed E-state index contributed by atoms with van der Waals surface area (Å²) < 4.78 is 0. The number of benzene rings is 1. The van der Waals surface area contributed by atoms with Crippen LogP contribution in [0.25, 0.3) is 10.9 Å². The molecule has 3 rings (SSSR count). The number of rotatable bonds is 2. The Hall–Kier alpha value is -1.84. The number of nitro groups is 1. The maximum absolute atomic E-state index is 11.1. The summed E-state index contributed by atoms with van der Waals surface area (Å²) in [5.74, 6) is 0.527. The molecule has 0 atom stereocenters. The van der Waals surface area contributed by atoms with E-state index in [0.717, 1.165) is 5.39 Å². The highest BCUT2D eigenvalue weighted by atomic mass is 16.6. The van der Waals surface area contributed by atoms with Crippen molar-refractivity contribution in [1.82, 2.24) is 4.98 Å². The van der Waals surface area contributed by atoms with Crippen LogP contribution in [0.2, 0.25) is 0 Å². The van der Waals surface area contributed by atoms with Gasteiger partial charge in [-0.25, -0.2) is 0 Å². The molecule has 1 aliphatic rings. The van der Waals surface area contributed by atoms with Crippen molar-refractivity contribution in [2.75, 3.05) is 0 Å². The van der Waals surface area contributed by atoms with Crippen LogP contribution >= 0.6 is 0 Å². The van der Waals surface area contributed by atoms with Crippen molar-refractivity contribution in [3.8, 4) is 0 Å². The molecule has 4 nitrogen and oxygen atoms in total. The second-order valence-corrected chi connectivity index (χ2v) is 6.64. The molecule has 0 aliphatic heterocycles. The molecule has 1 aliphatic carbocycles. The smallest absolute Gasteiger partial charge is 0.293 e. The third kappa shape index (κ3) is 2.19. The van der Waals surface area contributed by atoms with E-state index in [-0.39, 0.29) is 10.6 Å². The summed E-state index contributed by atoms with van der Waals surface area (Å²) in [6, 6.07) is 5.34. The summed E-state index contributed by atoms with van der Waals surface area (Å²) in [6.07, 6.45) is 6.75. The molecular weight excluding hydrogens is 252 g/mol. The van der Waals surface area contributed by atoms with Gasteiger partial charge >= 0.3 is 0 Å². The van der Waals surface area contributed by atoms with Gasteiger partial charge in [0, 0.05) is 17.6 Å². The van der Waals surface area contributed by atoms with Crippen LogP contribution in [0, 0.1) is 15.5 Å². The van der Waals surface area contributed by atoms with Crippen molar-refractivity contribution >= 4 is 16.6 Å². The Morgan fingerprint density at radius 1 is 1.30 bits per heavy atom. The fourth-order valence-corrected chi connectivity index (χ4v) is 3.36. The molecule has 0 saturated heterocycles. The maximum Gasteiger partial charge on any atom is 0.293 e. The van der Waals surface area contributed by atoms with E-state index >= 15 is 0 Å². The SMILES string of the molecule is CC1(C)CCC(c2c[nH]c3c([N+](=O)[O-])cccc23)CC1. The minimum Gasteiger partial charge on any atom is -0.355 e. The highest BCUT2D eigenvalue weighted by Gasteiger charge is 2.29.